The molecule has 0 bridgehead atoms. The van der Waals surface area contributed by atoms with Crippen LogP contribution in [-0.4, -0.2) is 29.3 Å². The van der Waals surface area contributed by atoms with Gasteiger partial charge in [0.25, 0.3) is 5.69 Å². The van der Waals surface area contributed by atoms with E-state index in [1.807, 2.05) is 19.1 Å². The van der Waals surface area contributed by atoms with E-state index in [1.165, 1.54) is 12.3 Å². The second kappa shape index (κ2) is 8.04. The average molecular weight is 380 g/mol. The van der Waals surface area contributed by atoms with E-state index < -0.39 is 22.9 Å². The summed E-state index contributed by atoms with van der Waals surface area (Å²) >= 11 is 0. The highest BCUT2D eigenvalue weighted by Gasteiger charge is 2.42. The predicted octanol–water partition coefficient (Wildman–Crippen LogP) is 3.29. The van der Waals surface area contributed by atoms with Crippen LogP contribution in [0.25, 0.3) is 0 Å². The molecule has 28 heavy (non-hydrogen) atoms. The highest BCUT2D eigenvalue weighted by atomic mass is 16.6. The molecule has 1 heterocycles. The second-order valence-electron chi connectivity index (χ2n) is 6.48. The van der Waals surface area contributed by atoms with E-state index in [0.717, 1.165) is 5.56 Å². The molecule has 0 saturated heterocycles. The summed E-state index contributed by atoms with van der Waals surface area (Å²) in [5, 5.41) is 14.4. The van der Waals surface area contributed by atoms with Crippen LogP contribution in [0.5, 0.6) is 0 Å². The molecule has 2 aromatic rings. The molecular weight excluding hydrogens is 360 g/mol. The Balaban J connectivity index is 2.06. The molecule has 7 nitrogen and oxygen atoms in total. The Morgan fingerprint density at radius 3 is 2.46 bits per heavy atom. The van der Waals surface area contributed by atoms with Crippen molar-refractivity contribution in [1.29, 1.82) is 0 Å². The maximum atomic E-state index is 13.1. The van der Waals surface area contributed by atoms with Crippen molar-refractivity contribution < 1.29 is 19.2 Å². The van der Waals surface area contributed by atoms with Crippen LogP contribution in [0.4, 0.5) is 5.69 Å². The van der Waals surface area contributed by atoms with Gasteiger partial charge < -0.3 is 10.1 Å². The number of carbonyl (C=O) groups excluding carboxylic acids is 2. The molecule has 0 spiro atoms. The van der Waals surface area contributed by atoms with E-state index >= 15 is 0 Å². The van der Waals surface area contributed by atoms with E-state index in [4.69, 9.17) is 4.74 Å². The molecule has 144 valence electrons. The zero-order valence-corrected chi connectivity index (χ0v) is 15.5. The number of hydrogen-bond acceptors (Lipinski definition) is 6. The summed E-state index contributed by atoms with van der Waals surface area (Å²) in [4.78, 5) is 36.6. The minimum atomic E-state index is -0.912. The van der Waals surface area contributed by atoms with Gasteiger partial charge in [0.2, 0.25) is 0 Å². The van der Waals surface area contributed by atoms with E-state index in [1.54, 1.807) is 37.3 Å². The molecule has 7 heteroatoms. The van der Waals surface area contributed by atoms with Gasteiger partial charge in [0.1, 0.15) is 6.04 Å². The highest BCUT2D eigenvalue weighted by molar-refractivity contribution is 6.11. The minimum Gasteiger partial charge on any atom is -0.464 e. The predicted molar refractivity (Wildman–Crippen MR) is 103 cm³/mol. The number of rotatable bonds is 6. The normalized spacial score (nSPS) is 18.1. The molecule has 0 amide bonds. The van der Waals surface area contributed by atoms with Gasteiger partial charge in [0.15, 0.2) is 5.78 Å². The maximum Gasteiger partial charge on any atom is 0.329 e. The number of nitrogens with zero attached hydrogens (tertiary/aromatic N) is 1. The van der Waals surface area contributed by atoms with Crippen molar-refractivity contribution in [2.45, 2.75) is 25.8 Å². The summed E-state index contributed by atoms with van der Waals surface area (Å²) in [6.45, 7) is 3.76. The van der Waals surface area contributed by atoms with Crippen molar-refractivity contribution in [1.82, 2.24) is 5.32 Å². The van der Waals surface area contributed by atoms with Gasteiger partial charge in [-0.25, -0.2) is 4.79 Å². The Morgan fingerprint density at radius 1 is 1.14 bits per heavy atom. The number of benzene rings is 2. The third-order valence-electron chi connectivity index (χ3n) is 4.67. The number of hydrogen-bond donors (Lipinski definition) is 1. The first kappa shape index (κ1) is 19.3. The van der Waals surface area contributed by atoms with Gasteiger partial charge in [-0.2, -0.15) is 0 Å². The summed E-state index contributed by atoms with van der Waals surface area (Å²) in [5.74, 6) is -1.68. The van der Waals surface area contributed by atoms with Gasteiger partial charge in [0.05, 0.1) is 17.4 Å². The van der Waals surface area contributed by atoms with Crippen LogP contribution in [0, 0.1) is 17.0 Å². The van der Waals surface area contributed by atoms with E-state index in [-0.39, 0.29) is 23.7 Å². The summed E-state index contributed by atoms with van der Waals surface area (Å²) in [7, 11) is 0. The molecule has 1 N–H and O–H groups in total. The molecule has 0 radical (unpaired) electrons. The van der Waals surface area contributed by atoms with Crippen molar-refractivity contribution in [2.75, 3.05) is 6.61 Å². The number of nitrogens with one attached hydrogen (secondary N) is 1. The molecule has 2 aromatic carbocycles. The van der Waals surface area contributed by atoms with Crippen LogP contribution in [0.15, 0.2) is 60.3 Å². The largest absolute Gasteiger partial charge is 0.464 e. The minimum absolute atomic E-state index is 0.145. The molecule has 0 aromatic heterocycles. The third kappa shape index (κ3) is 3.64. The Kier molecular flexibility index (Phi) is 5.54. The second-order valence-corrected chi connectivity index (χ2v) is 6.48. The summed E-state index contributed by atoms with van der Waals surface area (Å²) in [6, 6.07) is 12.3. The molecule has 0 fully saturated rings. The van der Waals surface area contributed by atoms with Crippen molar-refractivity contribution in [3.8, 4) is 0 Å². The zero-order valence-electron chi connectivity index (χ0n) is 15.5. The van der Waals surface area contributed by atoms with Crippen LogP contribution in [-0.2, 0) is 9.53 Å². The lowest BCUT2D eigenvalue weighted by molar-refractivity contribution is -0.385. The van der Waals surface area contributed by atoms with Gasteiger partial charge >= 0.3 is 5.97 Å². The maximum absolute atomic E-state index is 13.1. The summed E-state index contributed by atoms with van der Waals surface area (Å²) < 4.78 is 5.11. The number of nitro benzene ring substituents is 1. The van der Waals surface area contributed by atoms with Crippen LogP contribution < -0.4 is 5.32 Å². The van der Waals surface area contributed by atoms with Gasteiger partial charge in [0, 0.05) is 29.0 Å². The van der Waals surface area contributed by atoms with Crippen molar-refractivity contribution in [3.05, 3.63) is 87.1 Å². The van der Waals surface area contributed by atoms with Crippen molar-refractivity contribution >= 4 is 17.4 Å². The van der Waals surface area contributed by atoms with Crippen LogP contribution in [0.3, 0.4) is 0 Å². The lowest BCUT2D eigenvalue weighted by Crippen LogP contribution is -2.37. The monoisotopic (exact) mass is 380 g/mol. The number of carbonyl (C=O) groups is 2. The van der Waals surface area contributed by atoms with Gasteiger partial charge in [-0.15, -0.1) is 0 Å². The quantitative estimate of drug-likeness (QED) is 0.357. The Bertz CT molecular complexity index is 950. The number of para-hydroxylation sites is 1. The first-order valence-electron chi connectivity index (χ1n) is 8.91. The van der Waals surface area contributed by atoms with Crippen molar-refractivity contribution in [2.24, 2.45) is 0 Å². The molecule has 1 aliphatic heterocycles. The number of Topliss-reactive ketones (excluding diaryl/α,β-unsaturated/α-hetero) is 1. The fourth-order valence-corrected chi connectivity index (χ4v) is 3.32. The SMILES string of the molecule is CCOC(=O)C1NC=C(C(=O)c2ccc(C)cc2)C1c1ccccc1[N+](=O)[O-]. The molecule has 2 unspecified atom stereocenters. The standard InChI is InChI=1S/C21H20N2O5/c1-3-28-21(25)19-18(15-6-4-5-7-17(15)23(26)27)16(12-22-19)20(24)14-10-8-13(2)9-11-14/h4-12,18-19,22H,3H2,1-2H3. The average Bonchev–Trinajstić information content (AvgIpc) is 3.13. The summed E-state index contributed by atoms with van der Waals surface area (Å²) in [5.41, 5.74) is 1.90. The fraction of sp³-hybridized carbons (Fsp3) is 0.238. The number of ketones is 1. The Labute approximate surface area is 162 Å². The van der Waals surface area contributed by atoms with E-state index in [9.17, 15) is 19.7 Å². The highest BCUT2D eigenvalue weighted by Crippen LogP contribution is 2.39. The first-order valence-corrected chi connectivity index (χ1v) is 8.91. The zero-order chi connectivity index (χ0) is 20.3. The van der Waals surface area contributed by atoms with Crippen LogP contribution in [0.2, 0.25) is 0 Å². The lowest BCUT2D eigenvalue weighted by atomic mass is 9.83. The number of esters is 1. The van der Waals surface area contributed by atoms with Gasteiger partial charge in [-0.05, 0) is 13.8 Å². The first-order chi connectivity index (χ1) is 13.4. The molecule has 3 rings (SSSR count). The Hall–Kier alpha value is -3.48. The smallest absolute Gasteiger partial charge is 0.329 e. The van der Waals surface area contributed by atoms with Gasteiger partial charge in [-0.1, -0.05) is 48.0 Å². The fourth-order valence-electron chi connectivity index (χ4n) is 3.32. The van der Waals surface area contributed by atoms with Crippen LogP contribution in [0.1, 0.15) is 34.3 Å². The van der Waals surface area contributed by atoms with E-state index in [0.29, 0.717) is 11.1 Å². The number of nitro groups is 1. The van der Waals surface area contributed by atoms with Gasteiger partial charge in [-0.3, -0.25) is 14.9 Å². The topological polar surface area (TPSA) is 98.5 Å². The van der Waals surface area contributed by atoms with Crippen LogP contribution >= 0.6 is 0 Å². The molecule has 1 aliphatic rings. The molecule has 0 saturated carbocycles. The Morgan fingerprint density at radius 2 is 1.82 bits per heavy atom. The number of ether oxygens (including phenoxy) is 1. The van der Waals surface area contributed by atoms with E-state index in [2.05, 4.69) is 5.32 Å². The molecule has 0 aliphatic carbocycles. The van der Waals surface area contributed by atoms with Crippen molar-refractivity contribution in [3.63, 3.8) is 0 Å². The summed E-state index contributed by atoms with van der Waals surface area (Å²) in [6.07, 6.45) is 1.46. The molecule has 2 atom stereocenters. The lowest BCUT2D eigenvalue weighted by Gasteiger charge is -2.21. The molecular formula is C21H20N2O5. The number of aryl methyl sites for hydroxylation is 1. The third-order valence-corrected chi connectivity index (χ3v) is 4.67.